The number of fused-ring (bicyclic) bond motifs is 5. The maximum Gasteiger partial charge on any atom is 0.364 e. The summed E-state index contributed by atoms with van der Waals surface area (Å²) in [7, 11) is 1.68. The van der Waals surface area contributed by atoms with Crippen molar-refractivity contribution < 1.29 is 19.0 Å². The summed E-state index contributed by atoms with van der Waals surface area (Å²) in [6, 6.07) is 18.1. The second-order valence-electron chi connectivity index (χ2n) is 9.25. The van der Waals surface area contributed by atoms with Crippen molar-refractivity contribution in [3.63, 3.8) is 0 Å². The van der Waals surface area contributed by atoms with Crippen molar-refractivity contribution in [1.29, 1.82) is 0 Å². The minimum Gasteiger partial charge on any atom is -0.496 e. The maximum absolute atomic E-state index is 11.2. The average Bonchev–Trinajstić information content (AvgIpc) is 2.80. The number of allylic oxidation sites excluding steroid dienone is 1. The van der Waals surface area contributed by atoms with Crippen LogP contribution in [0.15, 0.2) is 60.7 Å². The Morgan fingerprint density at radius 3 is 2.68 bits per heavy atom. The van der Waals surface area contributed by atoms with E-state index >= 15 is 0 Å². The molecule has 1 unspecified atom stereocenters. The summed E-state index contributed by atoms with van der Waals surface area (Å²) in [4.78, 5) is 11.2. The van der Waals surface area contributed by atoms with E-state index < -0.39 is 5.30 Å². The Balaban J connectivity index is 1.73. The van der Waals surface area contributed by atoms with Crippen molar-refractivity contribution >= 4 is 29.2 Å². The third kappa shape index (κ3) is 3.92. The van der Waals surface area contributed by atoms with Crippen LogP contribution in [0.2, 0.25) is 0 Å². The monoisotopic (exact) mass is 473 g/mol. The van der Waals surface area contributed by atoms with Gasteiger partial charge in [0.15, 0.2) is 6.10 Å². The topological polar surface area (TPSA) is 56.8 Å². The largest absolute Gasteiger partial charge is 0.496 e. The van der Waals surface area contributed by atoms with E-state index in [-0.39, 0.29) is 18.2 Å². The highest BCUT2D eigenvalue weighted by Gasteiger charge is 2.35. The van der Waals surface area contributed by atoms with Crippen molar-refractivity contribution in [1.82, 2.24) is 0 Å². The molecule has 3 aromatic rings. The van der Waals surface area contributed by atoms with E-state index in [1.54, 1.807) is 7.11 Å². The smallest absolute Gasteiger partial charge is 0.364 e. The Hall–Kier alpha value is -3.38. The third-order valence-electron chi connectivity index (χ3n) is 6.27. The molecule has 5 nitrogen and oxygen atoms in total. The minimum absolute atomic E-state index is 0.150. The molecule has 6 heteroatoms. The maximum atomic E-state index is 11.2. The van der Waals surface area contributed by atoms with E-state index in [0.717, 1.165) is 50.6 Å². The standard InChI is InChI=1S/C28H27NO4S/c1-16-14-28(2,3)29-20-12-11-19-24-21(31-4)9-6-10-22(24)33-26(25(19)23(16)20)18-8-5-7-17(13-18)15-32-27(30)34/h5-14,26,29H,15H2,1-4H3,(H,30,34). The van der Waals surface area contributed by atoms with Crippen molar-refractivity contribution in [2.45, 2.75) is 39.0 Å². The normalized spacial score (nSPS) is 17.2. The van der Waals surface area contributed by atoms with Gasteiger partial charge in [-0.2, -0.15) is 0 Å². The highest BCUT2D eigenvalue weighted by Crippen LogP contribution is 2.53. The molecule has 1 N–H and O–H groups in total. The van der Waals surface area contributed by atoms with Crippen molar-refractivity contribution in [2.75, 3.05) is 12.4 Å². The molecule has 3 aromatic carbocycles. The Kier molecular flexibility index (Phi) is 5.56. The Labute approximate surface area is 205 Å². The molecule has 0 aromatic heterocycles. The molecule has 0 radical (unpaired) electrons. The highest BCUT2D eigenvalue weighted by molar-refractivity contribution is 7.96. The van der Waals surface area contributed by atoms with Gasteiger partial charge in [-0.25, -0.2) is 4.79 Å². The van der Waals surface area contributed by atoms with E-state index in [2.05, 4.69) is 56.9 Å². The zero-order valence-electron chi connectivity index (χ0n) is 19.6. The first kappa shape index (κ1) is 22.4. The first-order valence-corrected chi connectivity index (χ1v) is 11.7. The van der Waals surface area contributed by atoms with Crippen LogP contribution in [0.3, 0.4) is 0 Å². The predicted octanol–water partition coefficient (Wildman–Crippen LogP) is 7.02. The number of rotatable bonds is 4. The number of carbonyl (C=O) groups is 1. The lowest BCUT2D eigenvalue weighted by Crippen LogP contribution is -2.32. The van der Waals surface area contributed by atoms with Gasteiger partial charge in [-0.3, -0.25) is 0 Å². The van der Waals surface area contributed by atoms with Crippen LogP contribution in [0.4, 0.5) is 10.5 Å². The van der Waals surface area contributed by atoms with Crippen LogP contribution in [-0.4, -0.2) is 18.0 Å². The molecule has 0 saturated carbocycles. The Morgan fingerprint density at radius 1 is 1.12 bits per heavy atom. The van der Waals surface area contributed by atoms with Crippen molar-refractivity contribution in [2.24, 2.45) is 0 Å². The van der Waals surface area contributed by atoms with Gasteiger partial charge in [-0.15, -0.1) is 0 Å². The molecule has 0 amide bonds. The molecule has 5 rings (SSSR count). The van der Waals surface area contributed by atoms with Crippen molar-refractivity contribution in [3.05, 3.63) is 82.9 Å². The first-order chi connectivity index (χ1) is 16.3. The number of hydrogen-bond donors (Lipinski definition) is 2. The van der Waals surface area contributed by atoms with E-state index in [1.807, 2.05) is 42.5 Å². The lowest BCUT2D eigenvalue weighted by Gasteiger charge is -2.37. The number of ether oxygens (including phenoxy) is 3. The van der Waals surface area contributed by atoms with Gasteiger partial charge in [0, 0.05) is 16.8 Å². The van der Waals surface area contributed by atoms with Gasteiger partial charge in [0.2, 0.25) is 0 Å². The molecule has 0 spiro atoms. The summed E-state index contributed by atoms with van der Waals surface area (Å²) in [6.07, 6.45) is 1.91. The second-order valence-corrected chi connectivity index (χ2v) is 9.62. The van der Waals surface area contributed by atoms with Gasteiger partial charge in [-0.05, 0) is 67.3 Å². The number of nitrogens with one attached hydrogen (secondary N) is 1. The molecule has 2 heterocycles. The van der Waals surface area contributed by atoms with E-state index in [4.69, 9.17) is 14.2 Å². The molecule has 1 atom stereocenters. The lowest BCUT2D eigenvalue weighted by atomic mass is 9.80. The molecule has 174 valence electrons. The number of carbonyl (C=O) groups excluding carboxylic acids is 1. The number of methoxy groups -OCH3 is 1. The van der Waals surface area contributed by atoms with Crippen LogP contribution in [0.25, 0.3) is 16.7 Å². The zero-order valence-corrected chi connectivity index (χ0v) is 20.5. The molecule has 2 aliphatic heterocycles. The fourth-order valence-electron chi connectivity index (χ4n) is 5.09. The minimum atomic E-state index is -0.603. The quantitative estimate of drug-likeness (QED) is 0.315. The average molecular weight is 474 g/mol. The van der Waals surface area contributed by atoms with Gasteiger partial charge >= 0.3 is 5.30 Å². The van der Waals surface area contributed by atoms with Crippen LogP contribution < -0.4 is 14.8 Å². The van der Waals surface area contributed by atoms with Crippen LogP contribution in [0.5, 0.6) is 11.5 Å². The SMILES string of the molecule is COc1cccc2c1-c1ccc3c(c1C(c1cccc(COC(=O)S)c1)O2)C(C)=CC(C)(C)N3. The van der Waals surface area contributed by atoms with Crippen LogP contribution in [0.1, 0.15) is 49.1 Å². The first-order valence-electron chi connectivity index (χ1n) is 11.2. The van der Waals surface area contributed by atoms with Crippen molar-refractivity contribution in [3.8, 4) is 22.6 Å². The molecular weight excluding hydrogens is 446 g/mol. The van der Waals surface area contributed by atoms with Crippen LogP contribution in [0, 0.1) is 0 Å². The third-order valence-corrected chi connectivity index (χ3v) is 6.40. The summed E-state index contributed by atoms with van der Waals surface area (Å²) >= 11 is 3.71. The zero-order chi connectivity index (χ0) is 24.0. The summed E-state index contributed by atoms with van der Waals surface area (Å²) in [5.41, 5.74) is 8.26. The number of hydrogen-bond acceptors (Lipinski definition) is 5. The lowest BCUT2D eigenvalue weighted by molar-refractivity contribution is 0.169. The number of benzene rings is 3. The Bertz CT molecular complexity index is 1330. The van der Waals surface area contributed by atoms with Gasteiger partial charge < -0.3 is 19.5 Å². The van der Waals surface area contributed by atoms with E-state index in [9.17, 15) is 4.79 Å². The van der Waals surface area contributed by atoms with E-state index in [1.165, 1.54) is 5.57 Å². The van der Waals surface area contributed by atoms with Gasteiger partial charge in [0.1, 0.15) is 18.1 Å². The fourth-order valence-corrected chi connectivity index (χ4v) is 5.16. The van der Waals surface area contributed by atoms with Crippen LogP contribution in [-0.2, 0) is 11.3 Å². The highest BCUT2D eigenvalue weighted by atomic mass is 32.1. The Morgan fingerprint density at radius 2 is 1.91 bits per heavy atom. The number of thiol groups is 1. The predicted molar refractivity (Wildman–Crippen MR) is 138 cm³/mol. The molecule has 0 fully saturated rings. The van der Waals surface area contributed by atoms with Gasteiger partial charge in [0.25, 0.3) is 0 Å². The summed E-state index contributed by atoms with van der Waals surface area (Å²) in [6.45, 7) is 6.63. The van der Waals surface area contributed by atoms with Gasteiger partial charge in [0.05, 0.1) is 18.2 Å². The second kappa shape index (κ2) is 8.44. The summed E-state index contributed by atoms with van der Waals surface area (Å²) in [5.74, 6) is 1.55. The molecule has 34 heavy (non-hydrogen) atoms. The summed E-state index contributed by atoms with van der Waals surface area (Å²) in [5, 5.41) is 3.05. The van der Waals surface area contributed by atoms with Crippen LogP contribution >= 0.6 is 12.6 Å². The van der Waals surface area contributed by atoms with E-state index in [0.29, 0.717) is 0 Å². The molecule has 0 aliphatic carbocycles. The molecule has 0 saturated heterocycles. The van der Waals surface area contributed by atoms with Gasteiger partial charge in [-0.1, -0.05) is 49.0 Å². The molecule has 0 bridgehead atoms. The summed E-state index contributed by atoms with van der Waals surface area (Å²) < 4.78 is 17.5. The molecular formula is C28H27NO4S. The number of anilines is 1. The molecule has 2 aliphatic rings. The fraction of sp³-hybridized carbons (Fsp3) is 0.250.